The van der Waals surface area contributed by atoms with E-state index in [0.717, 1.165) is 21.9 Å². The number of rotatable bonds is 11. The lowest BCUT2D eigenvalue weighted by Gasteiger charge is -2.32. The molecule has 1 N–H and O–H groups in total. The monoisotopic (exact) mass is 603 g/mol. The second-order valence-electron chi connectivity index (χ2n) is 9.93. The summed E-state index contributed by atoms with van der Waals surface area (Å²) in [6.45, 7) is 8.70. The molecule has 3 rings (SSSR count). The number of nitrogens with one attached hydrogen (secondary N) is 1. The van der Waals surface area contributed by atoms with Gasteiger partial charge in [0, 0.05) is 12.6 Å². The van der Waals surface area contributed by atoms with Crippen molar-refractivity contribution in [2.24, 2.45) is 0 Å². The number of carbonyl (C=O) groups is 2. The Morgan fingerprint density at radius 2 is 1.52 bits per heavy atom. The minimum absolute atomic E-state index is 0.0247. The van der Waals surface area contributed by atoms with Crippen LogP contribution in [0.5, 0.6) is 0 Å². The van der Waals surface area contributed by atoms with E-state index in [0.29, 0.717) is 21.3 Å². The zero-order valence-corrected chi connectivity index (χ0v) is 25.6. The normalized spacial score (nSPS) is 12.9. The van der Waals surface area contributed by atoms with E-state index in [4.69, 9.17) is 23.2 Å². The molecule has 0 aliphatic rings. The van der Waals surface area contributed by atoms with Crippen molar-refractivity contribution in [1.82, 2.24) is 10.2 Å². The zero-order valence-electron chi connectivity index (χ0n) is 23.3. The van der Waals surface area contributed by atoms with Crippen molar-refractivity contribution in [1.29, 1.82) is 0 Å². The Labute approximate surface area is 247 Å². The van der Waals surface area contributed by atoms with E-state index in [2.05, 4.69) is 5.32 Å². The third-order valence-electron chi connectivity index (χ3n) is 6.61. The number of halogens is 2. The third kappa shape index (κ3) is 7.77. The number of amides is 2. The molecule has 0 unspecified atom stereocenters. The average molecular weight is 605 g/mol. The lowest BCUT2D eigenvalue weighted by molar-refractivity contribution is -0.139. The molecule has 0 radical (unpaired) electrons. The Hall–Kier alpha value is -3.07. The van der Waals surface area contributed by atoms with E-state index in [9.17, 15) is 18.0 Å². The van der Waals surface area contributed by atoms with Gasteiger partial charge in [0.25, 0.3) is 10.0 Å². The molecule has 3 aromatic rings. The molecule has 2 atom stereocenters. The predicted octanol–water partition coefficient (Wildman–Crippen LogP) is 6.14. The van der Waals surface area contributed by atoms with Crippen LogP contribution in [0.4, 0.5) is 5.69 Å². The molecular weight excluding hydrogens is 569 g/mol. The van der Waals surface area contributed by atoms with Crippen molar-refractivity contribution >= 4 is 50.7 Å². The highest BCUT2D eigenvalue weighted by atomic mass is 35.5. The quantitative estimate of drug-likeness (QED) is 0.285. The van der Waals surface area contributed by atoms with E-state index in [1.54, 1.807) is 55.5 Å². The Bertz CT molecular complexity index is 1440. The lowest BCUT2D eigenvalue weighted by atomic mass is 10.1. The molecule has 214 valence electrons. The van der Waals surface area contributed by atoms with Gasteiger partial charge in [0.05, 0.1) is 20.6 Å². The van der Waals surface area contributed by atoms with E-state index < -0.39 is 28.5 Å². The maximum atomic E-state index is 14.0. The molecule has 0 fully saturated rings. The van der Waals surface area contributed by atoms with E-state index >= 15 is 0 Å². The molecular formula is C30H35Cl2N3O4S. The molecule has 0 aliphatic carbocycles. The van der Waals surface area contributed by atoms with Gasteiger partial charge in [-0.1, -0.05) is 60.5 Å². The molecule has 40 heavy (non-hydrogen) atoms. The van der Waals surface area contributed by atoms with Crippen LogP contribution in [0.25, 0.3) is 0 Å². The van der Waals surface area contributed by atoms with Crippen LogP contribution in [0.15, 0.2) is 71.6 Å². The van der Waals surface area contributed by atoms with Gasteiger partial charge in [-0.3, -0.25) is 13.9 Å². The summed E-state index contributed by atoms with van der Waals surface area (Å²) < 4.78 is 28.9. The first-order chi connectivity index (χ1) is 18.8. The fraction of sp³-hybridized carbons (Fsp3) is 0.333. The first-order valence-corrected chi connectivity index (χ1v) is 15.2. The predicted molar refractivity (Wildman–Crippen MR) is 161 cm³/mol. The van der Waals surface area contributed by atoms with Crippen LogP contribution < -0.4 is 9.62 Å². The number of sulfonamides is 1. The fourth-order valence-corrected chi connectivity index (χ4v) is 5.97. The molecule has 0 bridgehead atoms. The fourth-order valence-electron chi connectivity index (χ4n) is 4.23. The summed E-state index contributed by atoms with van der Waals surface area (Å²) in [6, 6.07) is 17.3. The van der Waals surface area contributed by atoms with Gasteiger partial charge in [-0.05, 0) is 87.2 Å². The van der Waals surface area contributed by atoms with Gasteiger partial charge in [-0.25, -0.2) is 8.42 Å². The van der Waals surface area contributed by atoms with Crippen molar-refractivity contribution in [2.45, 2.75) is 64.6 Å². The van der Waals surface area contributed by atoms with Gasteiger partial charge in [-0.2, -0.15) is 0 Å². The minimum atomic E-state index is -4.12. The summed E-state index contributed by atoms with van der Waals surface area (Å²) >= 11 is 12.3. The number of benzene rings is 3. The van der Waals surface area contributed by atoms with E-state index in [1.165, 1.54) is 17.0 Å². The van der Waals surface area contributed by atoms with Crippen LogP contribution >= 0.6 is 23.2 Å². The first kappa shape index (κ1) is 31.5. The molecule has 0 saturated carbocycles. The zero-order chi connectivity index (χ0) is 29.6. The minimum Gasteiger partial charge on any atom is -0.352 e. The molecule has 2 amide bonds. The number of aryl methyl sites for hydroxylation is 2. The SMILES string of the molecule is CC[C@H](C)NC(=O)[C@H](C)N(Cc1ccc(Cl)c(Cl)c1)C(=O)CN(c1cc(C)cc(C)c1)S(=O)(=O)c1ccccc1. The van der Waals surface area contributed by atoms with Gasteiger partial charge in [0.2, 0.25) is 11.8 Å². The molecule has 0 saturated heterocycles. The highest BCUT2D eigenvalue weighted by Gasteiger charge is 2.33. The van der Waals surface area contributed by atoms with Gasteiger partial charge in [0.15, 0.2) is 0 Å². The van der Waals surface area contributed by atoms with Gasteiger partial charge in [0.1, 0.15) is 12.6 Å². The first-order valence-electron chi connectivity index (χ1n) is 13.0. The van der Waals surface area contributed by atoms with Crippen LogP contribution in [-0.2, 0) is 26.2 Å². The number of anilines is 1. The molecule has 10 heteroatoms. The third-order valence-corrected chi connectivity index (χ3v) is 9.14. The lowest BCUT2D eigenvalue weighted by Crippen LogP contribution is -2.52. The number of nitrogens with zero attached hydrogens (tertiary/aromatic N) is 2. The summed E-state index contributed by atoms with van der Waals surface area (Å²) in [6.07, 6.45) is 0.717. The van der Waals surface area contributed by atoms with Crippen molar-refractivity contribution in [3.05, 3.63) is 93.5 Å². The number of carbonyl (C=O) groups excluding carboxylic acids is 2. The largest absolute Gasteiger partial charge is 0.352 e. The standard InChI is InChI=1S/C30H35Cl2N3O4S/c1-6-22(4)33-30(37)23(5)34(18-24-12-13-27(31)28(32)17-24)29(36)19-35(25-15-20(2)14-21(3)16-25)40(38,39)26-10-8-7-9-11-26/h7-17,22-23H,6,18-19H2,1-5H3,(H,33,37)/t22-,23-/m0/s1. The van der Waals surface area contributed by atoms with E-state index in [1.807, 2.05) is 33.8 Å². The molecule has 0 spiro atoms. The summed E-state index contributed by atoms with van der Waals surface area (Å²) in [5, 5.41) is 3.59. The molecule has 3 aromatic carbocycles. The maximum Gasteiger partial charge on any atom is 0.264 e. The van der Waals surface area contributed by atoms with Crippen LogP contribution in [-0.4, -0.2) is 43.8 Å². The summed E-state index contributed by atoms with van der Waals surface area (Å²) in [5.41, 5.74) is 2.71. The van der Waals surface area contributed by atoms with Crippen LogP contribution in [0.1, 0.15) is 43.9 Å². The second kappa shape index (κ2) is 13.5. The van der Waals surface area contributed by atoms with Crippen molar-refractivity contribution in [3.8, 4) is 0 Å². The van der Waals surface area contributed by atoms with Crippen molar-refractivity contribution in [3.63, 3.8) is 0 Å². The summed E-state index contributed by atoms with van der Waals surface area (Å²) in [5.74, 6) is -0.886. The highest BCUT2D eigenvalue weighted by Crippen LogP contribution is 2.27. The Morgan fingerprint density at radius 3 is 2.10 bits per heavy atom. The smallest absolute Gasteiger partial charge is 0.264 e. The van der Waals surface area contributed by atoms with E-state index in [-0.39, 0.29) is 23.4 Å². The molecule has 0 aliphatic heterocycles. The molecule has 7 nitrogen and oxygen atoms in total. The Kier molecular flexibility index (Phi) is 10.6. The van der Waals surface area contributed by atoms with Gasteiger partial charge in [-0.15, -0.1) is 0 Å². The maximum absolute atomic E-state index is 14.0. The van der Waals surface area contributed by atoms with Crippen LogP contribution in [0.3, 0.4) is 0 Å². The molecule has 0 heterocycles. The topological polar surface area (TPSA) is 86.8 Å². The Morgan fingerprint density at radius 1 is 0.900 bits per heavy atom. The van der Waals surface area contributed by atoms with Crippen LogP contribution in [0, 0.1) is 13.8 Å². The average Bonchev–Trinajstić information content (AvgIpc) is 2.91. The highest BCUT2D eigenvalue weighted by molar-refractivity contribution is 7.92. The summed E-state index contributed by atoms with van der Waals surface area (Å²) in [7, 11) is -4.12. The number of hydrogen-bond donors (Lipinski definition) is 1. The second-order valence-corrected chi connectivity index (χ2v) is 12.6. The van der Waals surface area contributed by atoms with Gasteiger partial charge < -0.3 is 10.2 Å². The summed E-state index contributed by atoms with van der Waals surface area (Å²) in [4.78, 5) is 28.6. The van der Waals surface area contributed by atoms with Crippen LogP contribution in [0.2, 0.25) is 10.0 Å². The Balaban J connectivity index is 2.06. The van der Waals surface area contributed by atoms with Crippen molar-refractivity contribution in [2.75, 3.05) is 10.8 Å². The number of hydrogen-bond acceptors (Lipinski definition) is 4. The van der Waals surface area contributed by atoms with Crippen molar-refractivity contribution < 1.29 is 18.0 Å². The molecule has 0 aromatic heterocycles. The van der Waals surface area contributed by atoms with Gasteiger partial charge >= 0.3 is 0 Å².